The molecule has 0 fully saturated rings. The molecule has 0 saturated carbocycles. The van der Waals surface area contributed by atoms with Crippen LogP contribution in [0.3, 0.4) is 0 Å². The van der Waals surface area contributed by atoms with E-state index < -0.39 is 11.2 Å². The van der Waals surface area contributed by atoms with Crippen LogP contribution in [0.2, 0.25) is 0 Å². The van der Waals surface area contributed by atoms with Crippen LogP contribution in [0.25, 0.3) is 11.2 Å². The summed E-state index contributed by atoms with van der Waals surface area (Å²) in [5.41, 5.74) is 1.84. The molecule has 3 N–H and O–H groups in total. The zero-order valence-electron chi connectivity index (χ0n) is 11.9. The van der Waals surface area contributed by atoms with E-state index in [9.17, 15) is 14.4 Å². The van der Waals surface area contributed by atoms with Gasteiger partial charge in [0, 0.05) is 20.6 Å². The summed E-state index contributed by atoms with van der Waals surface area (Å²) in [6, 6.07) is 0. The van der Waals surface area contributed by atoms with Gasteiger partial charge < -0.3 is 4.57 Å². The summed E-state index contributed by atoms with van der Waals surface area (Å²) in [6.07, 6.45) is 0. The number of nitrogens with zero attached hydrogens (tertiary/aromatic N) is 4. The van der Waals surface area contributed by atoms with Crippen LogP contribution in [0.5, 0.6) is 0 Å². The first-order valence-electron chi connectivity index (χ1n) is 6.20. The van der Waals surface area contributed by atoms with Crippen molar-refractivity contribution >= 4 is 28.8 Å². The Hall–Kier alpha value is -2.07. The quantitative estimate of drug-likeness (QED) is 0.308. The summed E-state index contributed by atoms with van der Waals surface area (Å²) in [4.78, 5) is 39.7. The monoisotopic (exact) mass is 312 g/mol. The molecule has 0 radical (unpaired) electrons. The molecule has 2 heterocycles. The predicted octanol–water partition coefficient (Wildman–Crippen LogP) is -1.46. The van der Waals surface area contributed by atoms with Gasteiger partial charge in [-0.25, -0.2) is 15.6 Å². The Morgan fingerprint density at radius 3 is 2.57 bits per heavy atom. The summed E-state index contributed by atoms with van der Waals surface area (Å²) in [7, 11) is 2.98. The second-order valence-corrected chi connectivity index (χ2v) is 5.32. The highest BCUT2D eigenvalue weighted by Crippen LogP contribution is 2.21. The van der Waals surface area contributed by atoms with E-state index in [0.717, 1.165) is 16.3 Å². The number of nitrogens with two attached hydrogens (primary N) is 1. The minimum Gasteiger partial charge on any atom is -0.313 e. The van der Waals surface area contributed by atoms with Gasteiger partial charge in [0.25, 0.3) is 5.56 Å². The topological polar surface area (TPSA) is 117 Å². The van der Waals surface area contributed by atoms with E-state index in [1.807, 2.05) is 12.3 Å². The van der Waals surface area contributed by atoms with Crippen molar-refractivity contribution in [2.75, 3.05) is 5.75 Å². The maximum absolute atomic E-state index is 12.3. The zero-order valence-corrected chi connectivity index (χ0v) is 12.7. The first-order chi connectivity index (χ1) is 9.92. The highest BCUT2D eigenvalue weighted by molar-refractivity contribution is 7.99. The third kappa shape index (κ3) is 2.47. The van der Waals surface area contributed by atoms with E-state index in [-0.39, 0.29) is 11.7 Å². The number of thioether (sulfide) groups is 1. The van der Waals surface area contributed by atoms with Gasteiger partial charge in [-0.15, -0.1) is 0 Å². The van der Waals surface area contributed by atoms with Crippen LogP contribution in [-0.4, -0.2) is 30.3 Å². The molecule has 0 aliphatic rings. The van der Waals surface area contributed by atoms with Crippen LogP contribution in [0.4, 0.5) is 0 Å². The second kappa shape index (κ2) is 5.74. The van der Waals surface area contributed by atoms with E-state index in [4.69, 9.17) is 5.84 Å². The first-order valence-corrected chi connectivity index (χ1v) is 7.19. The van der Waals surface area contributed by atoms with E-state index in [0.29, 0.717) is 22.9 Å². The Balaban J connectivity index is 2.67. The lowest BCUT2D eigenvalue weighted by Crippen LogP contribution is -2.37. The number of hydrogen-bond acceptors (Lipinski definition) is 6. The fraction of sp³-hybridized carbons (Fsp3) is 0.455. The van der Waals surface area contributed by atoms with Gasteiger partial charge in [0.1, 0.15) is 0 Å². The van der Waals surface area contributed by atoms with E-state index in [1.165, 1.54) is 11.6 Å². The summed E-state index contributed by atoms with van der Waals surface area (Å²) >= 11 is 1.16. The smallest absolute Gasteiger partial charge is 0.313 e. The number of hydrogen-bond donors (Lipinski definition) is 2. The highest BCUT2D eigenvalue weighted by atomic mass is 32.2. The molecule has 0 aliphatic carbocycles. The Bertz CT molecular complexity index is 818. The Labute approximate surface area is 123 Å². The molecule has 2 aromatic heterocycles. The summed E-state index contributed by atoms with van der Waals surface area (Å²) in [6.45, 7) is 2.36. The van der Waals surface area contributed by atoms with Crippen molar-refractivity contribution in [2.45, 2.75) is 18.6 Å². The molecule has 2 rings (SSSR count). The number of carbonyl (C=O) groups excluding carboxylic acids is 1. The Morgan fingerprint density at radius 1 is 1.33 bits per heavy atom. The largest absolute Gasteiger partial charge is 0.332 e. The SMILES string of the molecule is CCn1c(SCC(=O)NN)nc2c1c(=O)n(C)c(=O)n2C. The van der Waals surface area contributed by atoms with Gasteiger partial charge in [0.2, 0.25) is 5.91 Å². The lowest BCUT2D eigenvalue weighted by molar-refractivity contribution is -0.118. The number of carbonyl (C=O) groups is 1. The number of amides is 1. The molecule has 0 aromatic carbocycles. The van der Waals surface area contributed by atoms with Gasteiger partial charge in [-0.2, -0.15) is 0 Å². The number of hydrazine groups is 1. The van der Waals surface area contributed by atoms with Gasteiger partial charge >= 0.3 is 5.69 Å². The van der Waals surface area contributed by atoms with Crippen molar-refractivity contribution in [3.05, 3.63) is 20.8 Å². The molecule has 2 aromatic rings. The lowest BCUT2D eigenvalue weighted by atomic mass is 10.5. The van der Waals surface area contributed by atoms with Gasteiger partial charge in [-0.05, 0) is 6.92 Å². The van der Waals surface area contributed by atoms with Crippen molar-refractivity contribution in [1.82, 2.24) is 24.1 Å². The van der Waals surface area contributed by atoms with E-state index >= 15 is 0 Å². The number of rotatable bonds is 4. The maximum Gasteiger partial charge on any atom is 0.332 e. The average molecular weight is 312 g/mol. The molecule has 114 valence electrons. The van der Waals surface area contributed by atoms with Crippen LogP contribution in [0, 0.1) is 0 Å². The Kier molecular flexibility index (Phi) is 4.19. The number of imidazole rings is 1. The molecule has 9 nitrogen and oxygen atoms in total. The minimum absolute atomic E-state index is 0.0775. The van der Waals surface area contributed by atoms with Gasteiger partial charge in [-0.3, -0.25) is 24.1 Å². The van der Waals surface area contributed by atoms with Crippen LogP contribution in [0.15, 0.2) is 14.7 Å². The van der Waals surface area contributed by atoms with Crippen molar-refractivity contribution < 1.29 is 4.79 Å². The number of nitrogens with one attached hydrogen (secondary N) is 1. The van der Waals surface area contributed by atoms with Crippen molar-refractivity contribution in [1.29, 1.82) is 0 Å². The molecule has 0 saturated heterocycles. The fourth-order valence-corrected chi connectivity index (χ4v) is 2.87. The van der Waals surface area contributed by atoms with Crippen molar-refractivity contribution in [2.24, 2.45) is 19.9 Å². The summed E-state index contributed by atoms with van der Waals surface area (Å²) in [5.74, 6) is 4.76. The summed E-state index contributed by atoms with van der Waals surface area (Å²) < 4.78 is 4.04. The molecule has 0 unspecified atom stereocenters. The van der Waals surface area contributed by atoms with E-state index in [2.05, 4.69) is 4.98 Å². The second-order valence-electron chi connectivity index (χ2n) is 4.37. The van der Waals surface area contributed by atoms with Crippen molar-refractivity contribution in [3.63, 3.8) is 0 Å². The van der Waals surface area contributed by atoms with Crippen LogP contribution in [-0.2, 0) is 25.4 Å². The number of aromatic nitrogens is 4. The van der Waals surface area contributed by atoms with Crippen LogP contribution < -0.4 is 22.5 Å². The molecule has 21 heavy (non-hydrogen) atoms. The Morgan fingerprint density at radius 2 is 2.00 bits per heavy atom. The van der Waals surface area contributed by atoms with Gasteiger partial charge in [-0.1, -0.05) is 11.8 Å². The average Bonchev–Trinajstić information content (AvgIpc) is 2.86. The molecule has 0 aliphatic heterocycles. The molecule has 1 amide bonds. The number of fused-ring (bicyclic) bond motifs is 1. The summed E-state index contributed by atoms with van der Waals surface area (Å²) in [5, 5.41) is 0.495. The maximum atomic E-state index is 12.3. The third-order valence-corrected chi connectivity index (χ3v) is 4.10. The van der Waals surface area contributed by atoms with E-state index in [1.54, 1.807) is 11.6 Å². The minimum atomic E-state index is -0.440. The highest BCUT2D eigenvalue weighted by Gasteiger charge is 2.18. The third-order valence-electron chi connectivity index (χ3n) is 3.12. The molecule has 10 heteroatoms. The van der Waals surface area contributed by atoms with Crippen LogP contribution in [0.1, 0.15) is 6.92 Å². The van der Waals surface area contributed by atoms with Crippen LogP contribution >= 0.6 is 11.8 Å². The normalized spacial score (nSPS) is 11.0. The lowest BCUT2D eigenvalue weighted by Gasteiger charge is -2.06. The molecule has 0 bridgehead atoms. The molecular formula is C11H16N6O3S. The molecular weight excluding hydrogens is 296 g/mol. The molecule has 0 spiro atoms. The standard InChI is InChI=1S/C11H16N6O3S/c1-4-17-7-8(13-10(17)21-5-6(18)14-12)15(2)11(20)16(3)9(7)19/h4-5,12H2,1-3H3,(H,14,18). The van der Waals surface area contributed by atoms with Crippen molar-refractivity contribution in [3.8, 4) is 0 Å². The number of aryl methyl sites for hydroxylation is 2. The zero-order chi connectivity index (χ0) is 15.7. The van der Waals surface area contributed by atoms with Gasteiger partial charge in [0.05, 0.1) is 5.75 Å². The fourth-order valence-electron chi connectivity index (χ4n) is 2.00. The van der Waals surface area contributed by atoms with Gasteiger partial charge in [0.15, 0.2) is 16.3 Å². The first kappa shape index (κ1) is 15.3. The molecule has 0 atom stereocenters. The predicted molar refractivity (Wildman–Crippen MR) is 78.9 cm³/mol.